The lowest BCUT2D eigenvalue weighted by Gasteiger charge is -2.28. The molecule has 0 saturated carbocycles. The standard InChI is InChI=1S/C27H36O4/c1-7-13-28-15-17-30-25-11-9-23(19-21(25)3)27(5,6)24-10-12-26(22(4)20-24)31-18-16-29-14-8-2/h7-14,19-20H,15-18H2,1-6H3/b13-7-,14-8+. The van der Waals surface area contributed by atoms with Gasteiger partial charge in [0.25, 0.3) is 0 Å². The molecule has 2 aromatic rings. The van der Waals surface area contributed by atoms with E-state index in [0.29, 0.717) is 26.4 Å². The minimum absolute atomic E-state index is 0.142. The van der Waals surface area contributed by atoms with Crippen molar-refractivity contribution >= 4 is 0 Å². The molecule has 0 radical (unpaired) electrons. The molecule has 0 aliphatic rings. The Bertz CT molecular complexity index is 809. The highest BCUT2D eigenvalue weighted by Gasteiger charge is 2.24. The first-order valence-corrected chi connectivity index (χ1v) is 10.8. The van der Waals surface area contributed by atoms with Crippen molar-refractivity contribution in [2.45, 2.75) is 47.0 Å². The minimum Gasteiger partial charge on any atom is -0.498 e. The molecule has 4 heteroatoms. The summed E-state index contributed by atoms with van der Waals surface area (Å²) in [7, 11) is 0. The number of hydrogen-bond acceptors (Lipinski definition) is 4. The largest absolute Gasteiger partial charge is 0.498 e. The highest BCUT2D eigenvalue weighted by molar-refractivity contribution is 5.47. The molecule has 0 heterocycles. The van der Waals surface area contributed by atoms with Crippen LogP contribution in [-0.4, -0.2) is 26.4 Å². The van der Waals surface area contributed by atoms with Crippen LogP contribution in [-0.2, 0) is 14.9 Å². The molecule has 0 spiro atoms. The van der Waals surface area contributed by atoms with Gasteiger partial charge in [-0.25, -0.2) is 0 Å². The molecule has 4 nitrogen and oxygen atoms in total. The van der Waals surface area contributed by atoms with Gasteiger partial charge >= 0.3 is 0 Å². The van der Waals surface area contributed by atoms with Gasteiger partial charge in [-0.3, -0.25) is 0 Å². The smallest absolute Gasteiger partial charge is 0.122 e. The third-order valence-electron chi connectivity index (χ3n) is 5.18. The summed E-state index contributed by atoms with van der Waals surface area (Å²) in [5.41, 5.74) is 4.59. The van der Waals surface area contributed by atoms with Crippen LogP contribution < -0.4 is 9.47 Å². The van der Waals surface area contributed by atoms with Crippen molar-refractivity contribution in [2.75, 3.05) is 26.4 Å². The summed E-state index contributed by atoms with van der Waals surface area (Å²) >= 11 is 0. The Balaban J connectivity index is 2.06. The van der Waals surface area contributed by atoms with Gasteiger partial charge in [0.2, 0.25) is 0 Å². The van der Waals surface area contributed by atoms with Crippen LogP contribution in [0.1, 0.15) is 49.9 Å². The zero-order valence-corrected chi connectivity index (χ0v) is 19.7. The molecular formula is C27H36O4. The van der Waals surface area contributed by atoms with Crippen molar-refractivity contribution in [1.29, 1.82) is 0 Å². The van der Waals surface area contributed by atoms with Gasteiger partial charge in [-0.05, 0) is 62.1 Å². The van der Waals surface area contributed by atoms with E-state index >= 15 is 0 Å². The molecule has 0 aliphatic heterocycles. The second-order valence-electron chi connectivity index (χ2n) is 7.96. The monoisotopic (exact) mass is 424 g/mol. The second-order valence-corrected chi connectivity index (χ2v) is 7.96. The highest BCUT2D eigenvalue weighted by Crippen LogP contribution is 2.35. The van der Waals surface area contributed by atoms with Gasteiger partial charge in [0.05, 0.1) is 12.5 Å². The maximum Gasteiger partial charge on any atom is 0.122 e. The van der Waals surface area contributed by atoms with Crippen molar-refractivity contribution in [1.82, 2.24) is 0 Å². The maximum absolute atomic E-state index is 5.86. The normalized spacial score (nSPS) is 11.8. The fourth-order valence-electron chi connectivity index (χ4n) is 3.29. The minimum atomic E-state index is -0.142. The number of rotatable bonds is 12. The summed E-state index contributed by atoms with van der Waals surface area (Å²) in [4.78, 5) is 0. The third kappa shape index (κ3) is 7.09. The maximum atomic E-state index is 5.86. The fraction of sp³-hybridized carbons (Fsp3) is 0.407. The zero-order chi connectivity index (χ0) is 22.7. The Labute approximate surface area is 187 Å². The SMILES string of the molecule is C/C=C\OCCOc1ccc(C(C)(C)c2ccc(OCCO/C=C/C)c(C)c2)cc1C. The van der Waals surface area contributed by atoms with E-state index in [4.69, 9.17) is 18.9 Å². The van der Waals surface area contributed by atoms with Gasteiger partial charge in [0.15, 0.2) is 0 Å². The van der Waals surface area contributed by atoms with E-state index in [1.54, 1.807) is 12.5 Å². The van der Waals surface area contributed by atoms with E-state index in [0.717, 1.165) is 22.6 Å². The van der Waals surface area contributed by atoms with Gasteiger partial charge in [0, 0.05) is 5.41 Å². The summed E-state index contributed by atoms with van der Waals surface area (Å²) in [6.07, 6.45) is 7.08. The summed E-state index contributed by atoms with van der Waals surface area (Å²) in [6.45, 7) is 14.6. The molecule has 0 aliphatic carbocycles. The quantitative estimate of drug-likeness (QED) is 0.288. The van der Waals surface area contributed by atoms with Crippen molar-refractivity contribution in [3.05, 3.63) is 83.3 Å². The van der Waals surface area contributed by atoms with Gasteiger partial charge in [0.1, 0.15) is 37.9 Å². The molecule has 2 aromatic carbocycles. The number of benzene rings is 2. The Morgan fingerprint density at radius 1 is 0.677 bits per heavy atom. The van der Waals surface area contributed by atoms with Gasteiger partial charge in [-0.1, -0.05) is 50.3 Å². The molecule has 2 rings (SSSR count). The average molecular weight is 425 g/mol. The van der Waals surface area contributed by atoms with Crippen molar-refractivity contribution < 1.29 is 18.9 Å². The van der Waals surface area contributed by atoms with Gasteiger partial charge in [-0.15, -0.1) is 0 Å². The lowest BCUT2D eigenvalue weighted by atomic mass is 9.77. The van der Waals surface area contributed by atoms with Crippen LogP contribution in [0, 0.1) is 13.8 Å². The lowest BCUT2D eigenvalue weighted by Crippen LogP contribution is -2.19. The summed E-state index contributed by atoms with van der Waals surface area (Å²) in [6, 6.07) is 12.8. The first kappa shape index (κ1) is 24.4. The van der Waals surface area contributed by atoms with Crippen LogP contribution in [0.25, 0.3) is 0 Å². The van der Waals surface area contributed by atoms with Gasteiger partial charge in [-0.2, -0.15) is 0 Å². The van der Waals surface area contributed by atoms with E-state index in [1.807, 2.05) is 26.0 Å². The molecule has 0 aromatic heterocycles. The molecule has 0 saturated heterocycles. The zero-order valence-electron chi connectivity index (χ0n) is 19.7. The van der Waals surface area contributed by atoms with Gasteiger partial charge < -0.3 is 18.9 Å². The lowest BCUT2D eigenvalue weighted by molar-refractivity contribution is 0.178. The Kier molecular flexibility index (Phi) is 9.51. The number of hydrogen-bond donors (Lipinski definition) is 0. The van der Waals surface area contributed by atoms with Crippen LogP contribution in [0.4, 0.5) is 0 Å². The van der Waals surface area contributed by atoms with Crippen LogP contribution >= 0.6 is 0 Å². The van der Waals surface area contributed by atoms with Crippen molar-refractivity contribution in [3.63, 3.8) is 0 Å². The molecule has 168 valence electrons. The molecule has 0 atom stereocenters. The molecule has 31 heavy (non-hydrogen) atoms. The number of aryl methyl sites for hydroxylation is 2. The summed E-state index contributed by atoms with van der Waals surface area (Å²) in [5, 5.41) is 0. The predicted molar refractivity (Wildman–Crippen MR) is 127 cm³/mol. The van der Waals surface area contributed by atoms with E-state index in [-0.39, 0.29) is 5.41 Å². The van der Waals surface area contributed by atoms with Crippen LogP contribution in [0.15, 0.2) is 61.1 Å². The fourth-order valence-corrected chi connectivity index (χ4v) is 3.29. The van der Waals surface area contributed by atoms with E-state index < -0.39 is 0 Å². The molecule has 0 bridgehead atoms. The Hall–Kier alpha value is -2.88. The molecule has 0 N–H and O–H groups in total. The van der Waals surface area contributed by atoms with Crippen molar-refractivity contribution in [3.8, 4) is 11.5 Å². The topological polar surface area (TPSA) is 36.9 Å². The number of ether oxygens (including phenoxy) is 4. The molecule has 0 amide bonds. The molecule has 0 unspecified atom stereocenters. The highest BCUT2D eigenvalue weighted by atomic mass is 16.5. The Morgan fingerprint density at radius 3 is 1.45 bits per heavy atom. The third-order valence-corrected chi connectivity index (χ3v) is 5.18. The molecular weight excluding hydrogens is 388 g/mol. The predicted octanol–water partition coefficient (Wildman–Crippen LogP) is 6.49. The first-order valence-electron chi connectivity index (χ1n) is 10.8. The summed E-state index contributed by atoms with van der Waals surface area (Å²) in [5.74, 6) is 1.78. The van der Waals surface area contributed by atoms with Crippen molar-refractivity contribution in [2.24, 2.45) is 0 Å². The Morgan fingerprint density at radius 2 is 1.10 bits per heavy atom. The van der Waals surface area contributed by atoms with E-state index in [2.05, 4.69) is 64.1 Å². The number of allylic oxidation sites excluding steroid dienone is 2. The first-order chi connectivity index (χ1) is 14.9. The summed E-state index contributed by atoms with van der Waals surface area (Å²) < 4.78 is 22.4. The second kappa shape index (κ2) is 12.1. The van der Waals surface area contributed by atoms with E-state index in [9.17, 15) is 0 Å². The average Bonchev–Trinajstić information content (AvgIpc) is 2.75. The van der Waals surface area contributed by atoms with Crippen LogP contribution in [0.2, 0.25) is 0 Å². The van der Waals surface area contributed by atoms with E-state index in [1.165, 1.54) is 11.1 Å². The molecule has 0 fully saturated rings. The van der Waals surface area contributed by atoms with Crippen LogP contribution in [0.5, 0.6) is 11.5 Å². The van der Waals surface area contributed by atoms with Crippen LogP contribution in [0.3, 0.4) is 0 Å².